The Labute approximate surface area is 113 Å². The fourth-order valence-corrected chi connectivity index (χ4v) is 2.30. The average molecular weight is 250 g/mol. The maximum atomic E-state index is 3.60. The molecule has 0 spiro atoms. The third-order valence-corrected chi connectivity index (χ3v) is 3.53. The van der Waals surface area contributed by atoms with Gasteiger partial charge in [0.25, 0.3) is 0 Å². The van der Waals surface area contributed by atoms with Crippen molar-refractivity contribution in [1.82, 2.24) is 10.6 Å². The Bertz CT molecular complexity index is 286. The second-order valence-corrected chi connectivity index (χ2v) is 6.41. The van der Waals surface area contributed by atoms with Gasteiger partial charge in [-0.15, -0.1) is 0 Å². The van der Waals surface area contributed by atoms with Crippen LogP contribution < -0.4 is 10.6 Å². The molecule has 0 heterocycles. The van der Waals surface area contributed by atoms with Crippen molar-refractivity contribution in [2.75, 3.05) is 26.2 Å². The normalized spacial score (nSPS) is 17.8. The third-order valence-electron chi connectivity index (χ3n) is 3.53. The van der Waals surface area contributed by atoms with Gasteiger partial charge in [-0.1, -0.05) is 51.5 Å². The number of nitrogens with one attached hydrogen (secondary N) is 2. The van der Waals surface area contributed by atoms with Crippen molar-refractivity contribution < 1.29 is 0 Å². The van der Waals surface area contributed by atoms with Crippen LogP contribution in [0.2, 0.25) is 0 Å². The lowest BCUT2D eigenvalue weighted by molar-refractivity contribution is 0.373. The van der Waals surface area contributed by atoms with Crippen molar-refractivity contribution in [3.8, 4) is 0 Å². The van der Waals surface area contributed by atoms with E-state index >= 15 is 0 Å². The van der Waals surface area contributed by atoms with Crippen LogP contribution in [0.1, 0.15) is 34.6 Å². The van der Waals surface area contributed by atoms with Crippen LogP contribution >= 0.6 is 0 Å². The summed E-state index contributed by atoms with van der Waals surface area (Å²) in [6.45, 7) is 15.5. The van der Waals surface area contributed by atoms with Crippen LogP contribution in [-0.2, 0) is 0 Å². The average Bonchev–Trinajstić information content (AvgIpc) is 2.60. The van der Waals surface area contributed by atoms with Crippen LogP contribution in [0.15, 0.2) is 23.8 Å². The molecule has 2 nitrogen and oxygen atoms in total. The fraction of sp³-hybridized carbons (Fsp3) is 0.750. The second-order valence-electron chi connectivity index (χ2n) is 6.41. The summed E-state index contributed by atoms with van der Waals surface area (Å²) in [5.74, 6) is 1.42. The summed E-state index contributed by atoms with van der Waals surface area (Å²) in [5, 5.41) is 7.21. The van der Waals surface area contributed by atoms with Crippen LogP contribution in [0.25, 0.3) is 0 Å². The third kappa shape index (κ3) is 4.58. The van der Waals surface area contributed by atoms with Crippen molar-refractivity contribution in [2.45, 2.75) is 34.6 Å². The van der Waals surface area contributed by atoms with Crippen molar-refractivity contribution in [3.63, 3.8) is 0 Å². The van der Waals surface area contributed by atoms with E-state index < -0.39 is 0 Å². The monoisotopic (exact) mass is 250 g/mol. The predicted octanol–water partition coefficient (Wildman–Crippen LogP) is 2.98. The second kappa shape index (κ2) is 7.10. The van der Waals surface area contributed by atoms with Gasteiger partial charge in [-0.2, -0.15) is 0 Å². The van der Waals surface area contributed by atoms with Gasteiger partial charge in [0.2, 0.25) is 0 Å². The molecule has 0 aromatic carbocycles. The van der Waals surface area contributed by atoms with Gasteiger partial charge in [-0.3, -0.25) is 0 Å². The highest BCUT2D eigenvalue weighted by Crippen LogP contribution is 2.32. The Morgan fingerprint density at radius 2 is 1.50 bits per heavy atom. The van der Waals surface area contributed by atoms with Gasteiger partial charge in [0, 0.05) is 18.5 Å². The number of rotatable bonds is 8. The summed E-state index contributed by atoms with van der Waals surface area (Å²) in [6.07, 6.45) is 6.79. The first-order chi connectivity index (χ1) is 8.46. The van der Waals surface area contributed by atoms with Crippen LogP contribution in [0.4, 0.5) is 0 Å². The molecule has 0 saturated heterocycles. The largest absolute Gasteiger partial charge is 0.315 e. The molecule has 0 amide bonds. The zero-order valence-corrected chi connectivity index (χ0v) is 12.7. The number of hydrogen-bond acceptors (Lipinski definition) is 2. The molecule has 1 aliphatic carbocycles. The summed E-state index contributed by atoms with van der Waals surface area (Å²) in [5.41, 5.74) is 1.65. The zero-order valence-electron chi connectivity index (χ0n) is 12.7. The van der Waals surface area contributed by atoms with E-state index in [0.717, 1.165) is 26.2 Å². The van der Waals surface area contributed by atoms with Gasteiger partial charge >= 0.3 is 0 Å². The Morgan fingerprint density at radius 3 is 1.83 bits per heavy atom. The van der Waals surface area contributed by atoms with Gasteiger partial charge in [-0.05, 0) is 31.8 Å². The molecule has 0 bridgehead atoms. The lowest BCUT2D eigenvalue weighted by atomic mass is 9.83. The zero-order chi connectivity index (χ0) is 13.6. The minimum absolute atomic E-state index is 0.184. The van der Waals surface area contributed by atoms with E-state index in [0.29, 0.717) is 11.8 Å². The molecule has 0 unspecified atom stereocenters. The summed E-state index contributed by atoms with van der Waals surface area (Å²) in [6, 6.07) is 0. The molecule has 2 heteroatoms. The van der Waals surface area contributed by atoms with E-state index in [1.54, 1.807) is 0 Å². The van der Waals surface area contributed by atoms with Crippen LogP contribution in [0.3, 0.4) is 0 Å². The molecule has 1 aliphatic rings. The first-order valence-corrected chi connectivity index (χ1v) is 7.24. The topological polar surface area (TPSA) is 24.1 Å². The SMILES string of the molecule is CC1=CC=CC1(CNCC(C)C)CNCC(C)C. The van der Waals surface area contributed by atoms with Crippen LogP contribution in [0.5, 0.6) is 0 Å². The minimum atomic E-state index is 0.184. The maximum absolute atomic E-state index is 3.60. The van der Waals surface area contributed by atoms with Crippen LogP contribution in [-0.4, -0.2) is 26.2 Å². The molecule has 104 valence electrons. The quantitative estimate of drug-likeness (QED) is 0.692. The Hall–Kier alpha value is -0.600. The summed E-state index contributed by atoms with van der Waals surface area (Å²) >= 11 is 0. The molecule has 0 aromatic heterocycles. The van der Waals surface area contributed by atoms with E-state index in [4.69, 9.17) is 0 Å². The highest BCUT2D eigenvalue weighted by Gasteiger charge is 2.30. The van der Waals surface area contributed by atoms with Gasteiger partial charge in [0.15, 0.2) is 0 Å². The predicted molar refractivity (Wildman–Crippen MR) is 80.7 cm³/mol. The molecule has 0 radical (unpaired) electrons. The highest BCUT2D eigenvalue weighted by molar-refractivity contribution is 5.33. The van der Waals surface area contributed by atoms with Gasteiger partial charge in [0.05, 0.1) is 0 Å². The minimum Gasteiger partial charge on any atom is -0.315 e. The lowest BCUT2D eigenvalue weighted by Crippen LogP contribution is -2.42. The van der Waals surface area contributed by atoms with E-state index in [1.807, 2.05) is 0 Å². The molecule has 2 N–H and O–H groups in total. The molecular formula is C16H30N2. The molecule has 1 rings (SSSR count). The summed E-state index contributed by atoms with van der Waals surface area (Å²) < 4.78 is 0. The first-order valence-electron chi connectivity index (χ1n) is 7.24. The van der Waals surface area contributed by atoms with E-state index in [9.17, 15) is 0 Å². The Morgan fingerprint density at radius 1 is 1.00 bits per heavy atom. The molecule has 18 heavy (non-hydrogen) atoms. The van der Waals surface area contributed by atoms with Crippen LogP contribution in [0, 0.1) is 17.3 Å². The van der Waals surface area contributed by atoms with E-state index in [1.165, 1.54) is 5.57 Å². The highest BCUT2D eigenvalue weighted by atomic mass is 14.9. The lowest BCUT2D eigenvalue weighted by Gasteiger charge is -2.31. The maximum Gasteiger partial charge on any atom is 0.0344 e. The summed E-state index contributed by atoms with van der Waals surface area (Å²) in [7, 11) is 0. The number of allylic oxidation sites excluding steroid dienone is 2. The molecular weight excluding hydrogens is 220 g/mol. The van der Waals surface area contributed by atoms with Crippen molar-refractivity contribution in [1.29, 1.82) is 0 Å². The standard InChI is InChI=1S/C16H30N2/c1-13(2)9-17-11-16(8-6-7-15(16)5)12-18-10-14(3)4/h6-8,13-14,17-18H,9-12H2,1-5H3. The first kappa shape index (κ1) is 15.5. The fourth-order valence-electron chi connectivity index (χ4n) is 2.30. The van der Waals surface area contributed by atoms with Gasteiger partial charge in [0.1, 0.15) is 0 Å². The van der Waals surface area contributed by atoms with Crippen molar-refractivity contribution >= 4 is 0 Å². The van der Waals surface area contributed by atoms with Gasteiger partial charge < -0.3 is 10.6 Å². The molecule has 0 fully saturated rings. The smallest absolute Gasteiger partial charge is 0.0344 e. The summed E-state index contributed by atoms with van der Waals surface area (Å²) in [4.78, 5) is 0. The molecule has 0 saturated carbocycles. The van der Waals surface area contributed by atoms with Gasteiger partial charge in [-0.25, -0.2) is 0 Å². The van der Waals surface area contributed by atoms with E-state index in [-0.39, 0.29) is 5.41 Å². The molecule has 0 aromatic rings. The van der Waals surface area contributed by atoms with E-state index in [2.05, 4.69) is 63.5 Å². The Kier molecular flexibility index (Phi) is 6.10. The Balaban J connectivity index is 2.49. The number of hydrogen-bond donors (Lipinski definition) is 2. The molecule has 0 aliphatic heterocycles. The van der Waals surface area contributed by atoms with Crippen molar-refractivity contribution in [3.05, 3.63) is 23.8 Å². The van der Waals surface area contributed by atoms with Crippen molar-refractivity contribution in [2.24, 2.45) is 17.3 Å². The molecule has 0 atom stereocenters.